The molecule has 0 aliphatic carbocycles. The van der Waals surface area contributed by atoms with Gasteiger partial charge in [0.2, 0.25) is 0 Å². The van der Waals surface area contributed by atoms with Crippen LogP contribution in [-0.4, -0.2) is 15.8 Å². The molecule has 2 N–H and O–H groups in total. The maximum absolute atomic E-state index is 12.2. The van der Waals surface area contributed by atoms with Crippen LogP contribution in [0.3, 0.4) is 0 Å². The Labute approximate surface area is 141 Å². The predicted octanol–water partition coefficient (Wildman–Crippen LogP) is 4.35. The number of carbonyl (C=O) groups excluding carboxylic acids is 1. The van der Waals surface area contributed by atoms with E-state index in [2.05, 4.69) is 15.7 Å². The standard InChI is InChI=1S/C19H20N4O/c1-13-9-10-16(11-14(13)2)20-19(24)21-18-12-17(23(3)22-18)15-7-5-4-6-8-15/h4-12H,1-3H3,(H2,20,21,22,24). The minimum atomic E-state index is -0.309. The monoisotopic (exact) mass is 320 g/mol. The highest BCUT2D eigenvalue weighted by molar-refractivity contribution is 5.99. The van der Waals surface area contributed by atoms with E-state index in [9.17, 15) is 4.79 Å². The molecule has 0 aliphatic rings. The van der Waals surface area contributed by atoms with Crippen molar-refractivity contribution < 1.29 is 4.79 Å². The first-order chi connectivity index (χ1) is 11.5. The van der Waals surface area contributed by atoms with Crippen molar-refractivity contribution in [2.24, 2.45) is 7.05 Å². The first-order valence-corrected chi connectivity index (χ1v) is 7.77. The van der Waals surface area contributed by atoms with Crippen LogP contribution in [0.4, 0.5) is 16.3 Å². The normalized spacial score (nSPS) is 10.5. The first kappa shape index (κ1) is 15.8. The molecule has 0 unspecified atom stereocenters. The molecule has 0 spiro atoms. The molecule has 0 saturated heterocycles. The van der Waals surface area contributed by atoms with E-state index in [1.165, 1.54) is 5.56 Å². The van der Waals surface area contributed by atoms with Crippen LogP contribution in [0.5, 0.6) is 0 Å². The first-order valence-electron chi connectivity index (χ1n) is 7.77. The van der Waals surface area contributed by atoms with Gasteiger partial charge in [0, 0.05) is 18.8 Å². The number of nitrogens with zero attached hydrogens (tertiary/aromatic N) is 2. The maximum atomic E-state index is 12.2. The SMILES string of the molecule is Cc1ccc(NC(=O)Nc2cc(-c3ccccc3)n(C)n2)cc1C. The zero-order valence-corrected chi connectivity index (χ0v) is 14.0. The maximum Gasteiger partial charge on any atom is 0.324 e. The highest BCUT2D eigenvalue weighted by Crippen LogP contribution is 2.22. The molecule has 3 rings (SSSR count). The van der Waals surface area contributed by atoms with Crippen molar-refractivity contribution >= 4 is 17.5 Å². The number of aromatic nitrogens is 2. The molecule has 0 saturated carbocycles. The predicted molar refractivity (Wildman–Crippen MR) is 97.2 cm³/mol. The number of rotatable bonds is 3. The van der Waals surface area contributed by atoms with Gasteiger partial charge in [-0.05, 0) is 42.7 Å². The van der Waals surface area contributed by atoms with E-state index < -0.39 is 0 Å². The summed E-state index contributed by atoms with van der Waals surface area (Å²) in [6.07, 6.45) is 0. The van der Waals surface area contributed by atoms with Crippen molar-refractivity contribution in [3.63, 3.8) is 0 Å². The number of carbonyl (C=O) groups is 1. The topological polar surface area (TPSA) is 59.0 Å². The number of nitrogens with one attached hydrogen (secondary N) is 2. The summed E-state index contributed by atoms with van der Waals surface area (Å²) in [6, 6.07) is 17.3. The number of amides is 2. The molecule has 1 heterocycles. The third-order valence-corrected chi connectivity index (χ3v) is 3.96. The molecule has 2 aromatic carbocycles. The fourth-order valence-corrected chi connectivity index (χ4v) is 2.51. The second-order valence-electron chi connectivity index (χ2n) is 5.78. The fraction of sp³-hybridized carbons (Fsp3) is 0.158. The summed E-state index contributed by atoms with van der Waals surface area (Å²) in [6.45, 7) is 4.06. The Morgan fingerprint density at radius 2 is 1.71 bits per heavy atom. The van der Waals surface area contributed by atoms with E-state index in [4.69, 9.17) is 0 Å². The van der Waals surface area contributed by atoms with Gasteiger partial charge in [0.05, 0.1) is 5.69 Å². The van der Waals surface area contributed by atoms with Gasteiger partial charge in [-0.25, -0.2) is 4.79 Å². The van der Waals surface area contributed by atoms with E-state index >= 15 is 0 Å². The summed E-state index contributed by atoms with van der Waals surface area (Å²) >= 11 is 0. The molecule has 0 bridgehead atoms. The van der Waals surface area contributed by atoms with Gasteiger partial charge < -0.3 is 5.32 Å². The summed E-state index contributed by atoms with van der Waals surface area (Å²) < 4.78 is 1.75. The van der Waals surface area contributed by atoms with Gasteiger partial charge in [-0.15, -0.1) is 0 Å². The summed E-state index contributed by atoms with van der Waals surface area (Å²) in [5.74, 6) is 0.512. The molecule has 1 aromatic heterocycles. The van der Waals surface area contributed by atoms with Crippen LogP contribution >= 0.6 is 0 Å². The van der Waals surface area contributed by atoms with Crippen molar-refractivity contribution in [2.75, 3.05) is 10.6 Å². The second-order valence-corrected chi connectivity index (χ2v) is 5.78. The molecule has 3 aromatic rings. The molecule has 0 fully saturated rings. The molecule has 24 heavy (non-hydrogen) atoms. The average Bonchev–Trinajstić information content (AvgIpc) is 2.92. The Morgan fingerprint density at radius 1 is 0.958 bits per heavy atom. The Hall–Kier alpha value is -3.08. The third kappa shape index (κ3) is 3.46. The van der Waals surface area contributed by atoms with Gasteiger partial charge in [-0.1, -0.05) is 36.4 Å². The molecule has 5 nitrogen and oxygen atoms in total. The molecule has 122 valence electrons. The van der Waals surface area contributed by atoms with Crippen LogP contribution in [0.2, 0.25) is 0 Å². The molecule has 0 atom stereocenters. The van der Waals surface area contributed by atoms with E-state index in [1.807, 2.05) is 75.5 Å². The van der Waals surface area contributed by atoms with Crippen molar-refractivity contribution in [1.29, 1.82) is 0 Å². The largest absolute Gasteiger partial charge is 0.324 e. The number of urea groups is 1. The quantitative estimate of drug-likeness (QED) is 0.754. The highest BCUT2D eigenvalue weighted by atomic mass is 16.2. The lowest BCUT2D eigenvalue weighted by Crippen LogP contribution is -2.19. The Bertz CT molecular complexity index is 868. The van der Waals surface area contributed by atoms with Crippen LogP contribution in [0.1, 0.15) is 11.1 Å². The van der Waals surface area contributed by atoms with E-state index in [-0.39, 0.29) is 6.03 Å². The molecular weight excluding hydrogens is 300 g/mol. The number of hydrogen-bond donors (Lipinski definition) is 2. The van der Waals surface area contributed by atoms with Crippen molar-refractivity contribution in [2.45, 2.75) is 13.8 Å². The number of anilines is 2. The minimum Gasteiger partial charge on any atom is -0.308 e. The zero-order valence-electron chi connectivity index (χ0n) is 14.0. The molecule has 0 radical (unpaired) electrons. The van der Waals surface area contributed by atoms with E-state index in [0.717, 1.165) is 22.5 Å². The average molecular weight is 320 g/mol. The van der Waals surface area contributed by atoms with Crippen LogP contribution in [0.15, 0.2) is 54.6 Å². The summed E-state index contributed by atoms with van der Waals surface area (Å²) in [7, 11) is 1.86. The Morgan fingerprint density at radius 3 is 2.42 bits per heavy atom. The minimum absolute atomic E-state index is 0.309. The lowest BCUT2D eigenvalue weighted by atomic mass is 10.1. The lowest BCUT2D eigenvalue weighted by molar-refractivity contribution is 0.262. The van der Waals surface area contributed by atoms with Crippen LogP contribution in [0.25, 0.3) is 11.3 Å². The summed E-state index contributed by atoms with van der Waals surface area (Å²) in [5, 5.41) is 9.95. The van der Waals surface area contributed by atoms with Crippen LogP contribution < -0.4 is 10.6 Å². The van der Waals surface area contributed by atoms with Gasteiger partial charge >= 0.3 is 6.03 Å². The van der Waals surface area contributed by atoms with Crippen molar-refractivity contribution in [1.82, 2.24) is 9.78 Å². The number of hydrogen-bond acceptors (Lipinski definition) is 2. The fourth-order valence-electron chi connectivity index (χ4n) is 2.51. The lowest BCUT2D eigenvalue weighted by Gasteiger charge is -2.07. The molecule has 2 amide bonds. The second kappa shape index (κ2) is 6.58. The van der Waals surface area contributed by atoms with Gasteiger partial charge in [-0.2, -0.15) is 5.10 Å². The zero-order chi connectivity index (χ0) is 17.1. The van der Waals surface area contributed by atoms with Crippen LogP contribution in [-0.2, 0) is 7.05 Å². The van der Waals surface area contributed by atoms with E-state index in [1.54, 1.807) is 4.68 Å². The summed E-state index contributed by atoms with van der Waals surface area (Å²) in [5.41, 5.74) is 5.08. The summed E-state index contributed by atoms with van der Waals surface area (Å²) in [4.78, 5) is 12.2. The molecule has 5 heteroatoms. The van der Waals surface area contributed by atoms with Crippen LogP contribution in [0, 0.1) is 13.8 Å². The Balaban J connectivity index is 1.72. The van der Waals surface area contributed by atoms with Gasteiger partial charge in [0.25, 0.3) is 0 Å². The van der Waals surface area contributed by atoms with Crippen molar-refractivity contribution in [3.05, 3.63) is 65.7 Å². The number of aryl methyl sites for hydroxylation is 3. The number of benzene rings is 2. The van der Waals surface area contributed by atoms with Gasteiger partial charge in [-0.3, -0.25) is 10.00 Å². The smallest absolute Gasteiger partial charge is 0.308 e. The van der Waals surface area contributed by atoms with Gasteiger partial charge in [0.1, 0.15) is 0 Å². The van der Waals surface area contributed by atoms with Gasteiger partial charge in [0.15, 0.2) is 5.82 Å². The third-order valence-electron chi connectivity index (χ3n) is 3.96. The molecule has 0 aliphatic heterocycles. The highest BCUT2D eigenvalue weighted by Gasteiger charge is 2.10. The van der Waals surface area contributed by atoms with E-state index in [0.29, 0.717) is 5.82 Å². The molecular formula is C19H20N4O. The Kier molecular flexibility index (Phi) is 4.33. The van der Waals surface area contributed by atoms with Crippen molar-refractivity contribution in [3.8, 4) is 11.3 Å².